The normalized spacial score (nSPS) is 11.6. The van der Waals surface area contributed by atoms with Gasteiger partial charge in [0.05, 0.1) is 11.0 Å². The minimum Gasteiger partial charge on any atom is -0.309 e. The van der Waals surface area contributed by atoms with E-state index in [4.69, 9.17) is 0 Å². The zero-order valence-electron chi connectivity index (χ0n) is 48.2. The smallest absolute Gasteiger partial charge is 0.131 e. The van der Waals surface area contributed by atoms with Crippen LogP contribution in [0.4, 0.5) is 17.6 Å². The summed E-state index contributed by atoms with van der Waals surface area (Å²) in [5.41, 5.74) is 19.7. The van der Waals surface area contributed by atoms with Crippen molar-refractivity contribution in [2.45, 2.75) is 26.2 Å². The SMILES string of the molecule is CC(C)(C)c1ccccc1-n1c2ccc(-c3cc(-c4ccccc4-c4ccccc4F)cc(-c4ccccc4-c4ccccc4F)c3)cc2c2cc(-c3cc(-c4ccccc4-c4ccccc4F)cc(-c4ccccc4-c4ccccc4F)c3)ccc21. The molecule has 1 aromatic heterocycles. The monoisotopic (exact) mass is 1130 g/mol. The molecule has 5 heteroatoms. The third kappa shape index (κ3) is 10.1. The van der Waals surface area contributed by atoms with Crippen LogP contribution in [0.2, 0.25) is 0 Å². The third-order valence-electron chi connectivity index (χ3n) is 16.9. The van der Waals surface area contributed by atoms with E-state index in [0.717, 1.165) is 117 Å². The van der Waals surface area contributed by atoms with E-state index in [2.05, 4.69) is 122 Å². The second kappa shape index (κ2) is 22.4. The first-order valence-electron chi connectivity index (χ1n) is 29.3. The van der Waals surface area contributed by atoms with Gasteiger partial charge in [-0.1, -0.05) is 221 Å². The van der Waals surface area contributed by atoms with Gasteiger partial charge in [-0.05, 0) is 191 Å². The fourth-order valence-electron chi connectivity index (χ4n) is 12.8. The molecule has 0 aliphatic rings. The molecule has 14 aromatic rings. The Labute approximate surface area is 504 Å². The van der Waals surface area contributed by atoms with Crippen LogP contribution >= 0.6 is 0 Å². The van der Waals surface area contributed by atoms with Crippen LogP contribution in [0.25, 0.3) is 139 Å². The summed E-state index contributed by atoms with van der Waals surface area (Å²) in [5.74, 6) is -1.27. The molecule has 0 radical (unpaired) electrons. The number of hydrogen-bond acceptors (Lipinski definition) is 0. The Morgan fingerprint density at radius 3 is 0.782 bits per heavy atom. The zero-order valence-corrected chi connectivity index (χ0v) is 48.2. The Morgan fingerprint density at radius 1 is 0.230 bits per heavy atom. The minimum absolute atomic E-state index is 0.205. The largest absolute Gasteiger partial charge is 0.309 e. The molecule has 0 fully saturated rings. The predicted molar refractivity (Wildman–Crippen MR) is 354 cm³/mol. The second-order valence-electron chi connectivity index (χ2n) is 23.3. The lowest BCUT2D eigenvalue weighted by atomic mass is 9.85. The van der Waals surface area contributed by atoms with E-state index >= 15 is 17.6 Å². The Bertz CT molecular complexity index is 4480. The molecule has 13 aromatic carbocycles. The Kier molecular flexibility index (Phi) is 14.0. The maximum absolute atomic E-state index is 15.9. The van der Waals surface area contributed by atoms with Crippen LogP contribution in [0.3, 0.4) is 0 Å². The summed E-state index contributed by atoms with van der Waals surface area (Å²) in [6.45, 7) is 6.73. The fourth-order valence-corrected chi connectivity index (χ4v) is 12.8. The van der Waals surface area contributed by atoms with Gasteiger partial charge in [0.25, 0.3) is 0 Å². The molecule has 418 valence electrons. The van der Waals surface area contributed by atoms with Crippen molar-refractivity contribution in [3.63, 3.8) is 0 Å². The highest BCUT2D eigenvalue weighted by Gasteiger charge is 2.24. The first-order chi connectivity index (χ1) is 42.4. The van der Waals surface area contributed by atoms with Crippen molar-refractivity contribution in [3.05, 3.63) is 320 Å². The molecule has 1 nitrogen and oxygen atoms in total. The van der Waals surface area contributed by atoms with Gasteiger partial charge in [0.15, 0.2) is 0 Å². The molecule has 14 rings (SSSR count). The lowest BCUT2D eigenvalue weighted by molar-refractivity contribution is 0.587. The van der Waals surface area contributed by atoms with Crippen LogP contribution < -0.4 is 0 Å². The highest BCUT2D eigenvalue weighted by atomic mass is 19.1. The number of aromatic nitrogens is 1. The van der Waals surface area contributed by atoms with Gasteiger partial charge in [-0.25, -0.2) is 17.6 Å². The maximum Gasteiger partial charge on any atom is 0.131 e. The van der Waals surface area contributed by atoms with Crippen LogP contribution in [0.5, 0.6) is 0 Å². The van der Waals surface area contributed by atoms with Crippen molar-refractivity contribution < 1.29 is 17.6 Å². The summed E-state index contributed by atoms with van der Waals surface area (Å²) < 4.78 is 65.9. The highest BCUT2D eigenvalue weighted by Crippen LogP contribution is 2.46. The lowest BCUT2D eigenvalue weighted by Crippen LogP contribution is -2.15. The van der Waals surface area contributed by atoms with Crippen molar-refractivity contribution >= 4 is 21.8 Å². The molecule has 0 saturated heterocycles. The molecule has 0 unspecified atom stereocenters. The summed E-state index contributed by atoms with van der Waals surface area (Å²) >= 11 is 0. The van der Waals surface area contributed by atoms with E-state index in [1.165, 1.54) is 29.8 Å². The molecule has 0 amide bonds. The Balaban J connectivity index is 1.02. The number of para-hydroxylation sites is 1. The Hall–Kier alpha value is -10.6. The summed E-state index contributed by atoms with van der Waals surface area (Å²) in [6, 6.07) is 94.1. The zero-order chi connectivity index (χ0) is 59.3. The average Bonchev–Trinajstić information content (AvgIpc) is 1.68. The lowest BCUT2D eigenvalue weighted by Gasteiger charge is -2.24. The van der Waals surface area contributed by atoms with Crippen molar-refractivity contribution in [2.75, 3.05) is 0 Å². The summed E-state index contributed by atoms with van der Waals surface area (Å²) in [6.07, 6.45) is 0. The number of hydrogen-bond donors (Lipinski definition) is 0. The van der Waals surface area contributed by atoms with Crippen LogP contribution in [-0.4, -0.2) is 4.57 Å². The summed E-state index contributed by atoms with van der Waals surface area (Å²) in [4.78, 5) is 0. The van der Waals surface area contributed by atoms with Crippen LogP contribution in [-0.2, 0) is 5.41 Å². The van der Waals surface area contributed by atoms with E-state index in [1.807, 2.05) is 146 Å². The van der Waals surface area contributed by atoms with Crippen LogP contribution in [0.1, 0.15) is 26.3 Å². The van der Waals surface area contributed by atoms with E-state index < -0.39 is 0 Å². The number of rotatable bonds is 11. The summed E-state index contributed by atoms with van der Waals surface area (Å²) in [7, 11) is 0. The molecule has 0 saturated carbocycles. The van der Waals surface area contributed by atoms with Gasteiger partial charge in [-0.2, -0.15) is 0 Å². The average molecular weight is 1130 g/mol. The van der Waals surface area contributed by atoms with Crippen molar-refractivity contribution in [1.82, 2.24) is 4.57 Å². The molecule has 0 spiro atoms. The molecule has 0 bridgehead atoms. The summed E-state index contributed by atoms with van der Waals surface area (Å²) in [5, 5.41) is 2.04. The highest BCUT2D eigenvalue weighted by molar-refractivity contribution is 6.12. The van der Waals surface area contributed by atoms with Crippen molar-refractivity contribution in [3.8, 4) is 117 Å². The van der Waals surface area contributed by atoms with Crippen molar-refractivity contribution in [1.29, 1.82) is 0 Å². The van der Waals surface area contributed by atoms with Crippen LogP contribution in [0, 0.1) is 23.3 Å². The maximum atomic E-state index is 15.9. The first kappa shape index (κ1) is 54.3. The van der Waals surface area contributed by atoms with Gasteiger partial charge in [0.2, 0.25) is 0 Å². The quantitative estimate of drug-likeness (QED) is 0.114. The van der Waals surface area contributed by atoms with Gasteiger partial charge in [-0.3, -0.25) is 0 Å². The van der Waals surface area contributed by atoms with Crippen molar-refractivity contribution in [2.24, 2.45) is 0 Å². The molecule has 0 aliphatic carbocycles. The number of fused-ring (bicyclic) bond motifs is 3. The molecule has 87 heavy (non-hydrogen) atoms. The van der Waals surface area contributed by atoms with E-state index in [0.29, 0.717) is 22.3 Å². The molecule has 0 atom stereocenters. The standard InChI is InChI=1S/C82H57F4N/c1-82(2,3)74-34-16-21-39-81(74)87-79-42-40-52(54-44-56(60-22-4-8-26-64(60)68-30-12-17-35-75(68)83)48-57(45-54)61-23-5-9-27-65(61)69-31-13-18-36-76(69)84)50-72(79)73-51-53(41-43-80(73)87)55-46-58(62-24-6-10-28-66(62)70-32-14-19-37-77(70)85)49-59(47-55)63-25-7-11-29-67(63)71-33-15-20-38-78(71)86/h4-51H,1-3H3. The van der Waals surface area contributed by atoms with E-state index in [1.54, 1.807) is 24.3 Å². The number of benzene rings is 13. The molecular formula is C82H57F4N. The van der Waals surface area contributed by atoms with Gasteiger partial charge >= 0.3 is 0 Å². The molecule has 1 heterocycles. The van der Waals surface area contributed by atoms with Gasteiger partial charge < -0.3 is 4.57 Å². The van der Waals surface area contributed by atoms with Gasteiger partial charge in [-0.15, -0.1) is 0 Å². The molecule has 0 aliphatic heterocycles. The predicted octanol–water partition coefficient (Wildman–Crippen LogP) is 23.3. The third-order valence-corrected chi connectivity index (χ3v) is 16.9. The topological polar surface area (TPSA) is 4.93 Å². The first-order valence-corrected chi connectivity index (χ1v) is 29.3. The van der Waals surface area contributed by atoms with E-state index in [9.17, 15) is 0 Å². The number of halogens is 4. The van der Waals surface area contributed by atoms with E-state index in [-0.39, 0.29) is 28.7 Å². The fraction of sp³-hybridized carbons (Fsp3) is 0.0488. The molecular weight excluding hydrogens is 1070 g/mol. The second-order valence-corrected chi connectivity index (χ2v) is 23.3. The molecule has 0 N–H and O–H groups in total. The van der Waals surface area contributed by atoms with Gasteiger partial charge in [0, 0.05) is 38.7 Å². The van der Waals surface area contributed by atoms with Crippen LogP contribution in [0.15, 0.2) is 291 Å². The minimum atomic E-state index is -0.316. The Morgan fingerprint density at radius 2 is 0.483 bits per heavy atom. The van der Waals surface area contributed by atoms with Gasteiger partial charge in [0.1, 0.15) is 23.3 Å². The number of nitrogens with zero attached hydrogens (tertiary/aromatic N) is 1.